The number of carbonyl (C=O) groups is 2. The third kappa shape index (κ3) is 3.73. The summed E-state index contributed by atoms with van der Waals surface area (Å²) in [5.41, 5.74) is 0.734. The highest BCUT2D eigenvalue weighted by Crippen LogP contribution is 2.22. The first-order valence-electron chi connectivity index (χ1n) is 5.93. The number of rotatable bonds is 4. The van der Waals surface area contributed by atoms with E-state index in [1.807, 2.05) is 5.38 Å². The standard InChI is InChI=1S/C13H13N3O3S2/c1-8(17)16(2)13-15-9(7-20-13)4-5-11-14-6-10(21-11)12(18)19-3/h4-7H,1-3H3/b5-4-. The largest absolute Gasteiger partial charge is 0.465 e. The smallest absolute Gasteiger partial charge is 0.349 e. The molecule has 0 aliphatic carbocycles. The molecule has 2 aromatic rings. The number of hydrogen-bond donors (Lipinski definition) is 0. The van der Waals surface area contributed by atoms with Gasteiger partial charge in [0.25, 0.3) is 0 Å². The zero-order valence-corrected chi connectivity index (χ0v) is 13.3. The van der Waals surface area contributed by atoms with Gasteiger partial charge in [0.2, 0.25) is 5.91 Å². The van der Waals surface area contributed by atoms with E-state index in [4.69, 9.17) is 0 Å². The molecule has 0 spiro atoms. The van der Waals surface area contributed by atoms with Crippen molar-refractivity contribution < 1.29 is 14.3 Å². The maximum atomic E-state index is 11.3. The number of esters is 1. The van der Waals surface area contributed by atoms with Crippen molar-refractivity contribution in [1.82, 2.24) is 9.97 Å². The SMILES string of the molecule is COC(=O)c1cnc(/C=C\c2csc(N(C)C(C)=O)n2)s1. The number of aromatic nitrogens is 2. The molecule has 2 aromatic heterocycles. The molecule has 2 heterocycles. The number of methoxy groups -OCH3 is 1. The minimum absolute atomic E-state index is 0.0671. The van der Waals surface area contributed by atoms with Crippen molar-refractivity contribution in [2.45, 2.75) is 6.92 Å². The Balaban J connectivity index is 2.09. The van der Waals surface area contributed by atoms with E-state index < -0.39 is 5.97 Å². The summed E-state index contributed by atoms with van der Waals surface area (Å²) in [6.07, 6.45) is 5.03. The monoisotopic (exact) mass is 323 g/mol. The van der Waals surface area contributed by atoms with Gasteiger partial charge in [0.05, 0.1) is 19.0 Å². The van der Waals surface area contributed by atoms with Gasteiger partial charge in [-0.05, 0) is 12.2 Å². The lowest BCUT2D eigenvalue weighted by Crippen LogP contribution is -2.22. The van der Waals surface area contributed by atoms with E-state index in [9.17, 15) is 9.59 Å². The lowest BCUT2D eigenvalue weighted by atomic mass is 10.4. The lowest BCUT2D eigenvalue weighted by molar-refractivity contribution is -0.116. The van der Waals surface area contributed by atoms with Crippen molar-refractivity contribution in [3.05, 3.63) is 27.2 Å². The van der Waals surface area contributed by atoms with Gasteiger partial charge in [-0.2, -0.15) is 0 Å². The number of ether oxygens (including phenoxy) is 1. The first kappa shape index (κ1) is 15.3. The van der Waals surface area contributed by atoms with Crippen LogP contribution >= 0.6 is 22.7 Å². The second-order valence-electron chi connectivity index (χ2n) is 4.02. The Morgan fingerprint density at radius 2 is 2.14 bits per heavy atom. The maximum Gasteiger partial charge on any atom is 0.349 e. The molecular formula is C13H13N3O3S2. The summed E-state index contributed by atoms with van der Waals surface area (Å²) in [6, 6.07) is 0. The van der Waals surface area contributed by atoms with Crippen molar-refractivity contribution in [2.24, 2.45) is 0 Å². The van der Waals surface area contributed by atoms with E-state index >= 15 is 0 Å². The number of anilines is 1. The second-order valence-corrected chi connectivity index (χ2v) is 5.92. The lowest BCUT2D eigenvalue weighted by Gasteiger charge is -2.09. The van der Waals surface area contributed by atoms with Crippen molar-refractivity contribution >= 4 is 51.8 Å². The number of carbonyl (C=O) groups excluding carboxylic acids is 2. The second kappa shape index (κ2) is 6.59. The molecule has 21 heavy (non-hydrogen) atoms. The van der Waals surface area contributed by atoms with Crippen LogP contribution in [0.3, 0.4) is 0 Å². The van der Waals surface area contributed by atoms with Gasteiger partial charge in [0.1, 0.15) is 9.88 Å². The molecule has 0 fully saturated rings. The van der Waals surface area contributed by atoms with Crippen molar-refractivity contribution in [3.63, 3.8) is 0 Å². The Hall–Kier alpha value is -2.06. The normalized spacial score (nSPS) is 10.8. The highest BCUT2D eigenvalue weighted by atomic mass is 32.1. The first-order valence-corrected chi connectivity index (χ1v) is 7.63. The highest BCUT2D eigenvalue weighted by molar-refractivity contribution is 7.14. The summed E-state index contributed by atoms with van der Waals surface area (Å²) in [7, 11) is 3.01. The topological polar surface area (TPSA) is 72.4 Å². The summed E-state index contributed by atoms with van der Waals surface area (Å²) < 4.78 is 4.62. The van der Waals surface area contributed by atoms with Crippen LogP contribution in [0.25, 0.3) is 12.2 Å². The summed E-state index contributed by atoms with van der Waals surface area (Å²) in [6.45, 7) is 1.49. The number of nitrogens with zero attached hydrogens (tertiary/aromatic N) is 3. The van der Waals surface area contributed by atoms with Crippen molar-refractivity contribution in [3.8, 4) is 0 Å². The van der Waals surface area contributed by atoms with E-state index in [2.05, 4.69) is 14.7 Å². The third-order valence-electron chi connectivity index (χ3n) is 2.58. The van der Waals surface area contributed by atoms with Gasteiger partial charge in [0, 0.05) is 19.4 Å². The average molecular weight is 323 g/mol. The van der Waals surface area contributed by atoms with Crippen LogP contribution in [-0.2, 0) is 9.53 Å². The predicted octanol–water partition coefficient (Wildman–Crippen LogP) is 2.54. The fourth-order valence-corrected chi connectivity index (χ4v) is 2.90. The molecule has 2 rings (SSSR count). The Kier molecular flexibility index (Phi) is 4.81. The molecule has 0 bridgehead atoms. The predicted molar refractivity (Wildman–Crippen MR) is 83.6 cm³/mol. The summed E-state index contributed by atoms with van der Waals surface area (Å²) in [5, 5.41) is 3.17. The van der Waals surface area contributed by atoms with Crippen LogP contribution in [0.2, 0.25) is 0 Å². The van der Waals surface area contributed by atoms with Crippen molar-refractivity contribution in [1.29, 1.82) is 0 Å². The minimum Gasteiger partial charge on any atom is -0.465 e. The van der Waals surface area contributed by atoms with E-state index in [1.165, 1.54) is 47.8 Å². The zero-order valence-electron chi connectivity index (χ0n) is 11.7. The summed E-state index contributed by atoms with van der Waals surface area (Å²) in [5.74, 6) is -0.464. The van der Waals surface area contributed by atoms with Crippen LogP contribution < -0.4 is 4.90 Å². The van der Waals surface area contributed by atoms with E-state index in [-0.39, 0.29) is 5.91 Å². The van der Waals surface area contributed by atoms with Crippen LogP contribution in [0.1, 0.15) is 27.3 Å². The third-order valence-corrected chi connectivity index (χ3v) is 4.45. The molecule has 0 atom stereocenters. The average Bonchev–Trinajstić information content (AvgIpc) is 3.12. The molecule has 0 unspecified atom stereocenters. The zero-order chi connectivity index (χ0) is 15.4. The van der Waals surface area contributed by atoms with E-state index in [1.54, 1.807) is 19.2 Å². The van der Waals surface area contributed by atoms with E-state index in [0.717, 1.165) is 5.69 Å². The number of hydrogen-bond acceptors (Lipinski definition) is 7. The van der Waals surface area contributed by atoms with E-state index in [0.29, 0.717) is 15.0 Å². The van der Waals surface area contributed by atoms with Gasteiger partial charge in [-0.15, -0.1) is 22.7 Å². The van der Waals surface area contributed by atoms with Crippen LogP contribution in [0, 0.1) is 0 Å². The summed E-state index contributed by atoms with van der Waals surface area (Å²) >= 11 is 2.63. The Bertz CT molecular complexity index is 690. The number of amides is 1. The molecule has 0 radical (unpaired) electrons. The molecule has 110 valence electrons. The number of thiazole rings is 2. The molecular weight excluding hydrogens is 310 g/mol. The van der Waals surface area contributed by atoms with Gasteiger partial charge in [-0.1, -0.05) is 0 Å². The Labute approximate surface area is 129 Å². The molecule has 6 nitrogen and oxygen atoms in total. The van der Waals surface area contributed by atoms with Gasteiger partial charge in [-0.3, -0.25) is 9.69 Å². The maximum absolute atomic E-state index is 11.3. The first-order chi connectivity index (χ1) is 10.0. The molecule has 1 amide bonds. The van der Waals surface area contributed by atoms with Gasteiger partial charge in [0.15, 0.2) is 5.13 Å². The van der Waals surface area contributed by atoms with Crippen LogP contribution in [-0.4, -0.2) is 36.0 Å². The molecule has 0 saturated heterocycles. The molecule has 0 N–H and O–H groups in total. The van der Waals surface area contributed by atoms with Crippen LogP contribution in [0.4, 0.5) is 5.13 Å². The fourth-order valence-electron chi connectivity index (χ4n) is 1.36. The molecule has 0 aliphatic heterocycles. The van der Waals surface area contributed by atoms with Crippen molar-refractivity contribution in [2.75, 3.05) is 19.1 Å². The van der Waals surface area contributed by atoms with Gasteiger partial charge < -0.3 is 4.74 Å². The highest BCUT2D eigenvalue weighted by Gasteiger charge is 2.10. The molecule has 0 saturated carbocycles. The van der Waals surface area contributed by atoms with Gasteiger partial charge in [-0.25, -0.2) is 14.8 Å². The van der Waals surface area contributed by atoms with Crippen LogP contribution in [0.15, 0.2) is 11.6 Å². The minimum atomic E-state index is -0.397. The Morgan fingerprint density at radius 1 is 1.38 bits per heavy atom. The van der Waals surface area contributed by atoms with Crippen LogP contribution in [0.5, 0.6) is 0 Å². The van der Waals surface area contributed by atoms with Gasteiger partial charge >= 0.3 is 5.97 Å². The summed E-state index contributed by atoms with van der Waals surface area (Å²) in [4.78, 5) is 32.9. The molecule has 8 heteroatoms. The Morgan fingerprint density at radius 3 is 2.81 bits per heavy atom. The molecule has 0 aliphatic rings. The quantitative estimate of drug-likeness (QED) is 0.809. The fraction of sp³-hybridized carbons (Fsp3) is 0.231. The molecule has 0 aromatic carbocycles.